The maximum Gasteiger partial charge on any atom is 0.491 e. The number of carbonyl (C=O) groups excluding carboxylic acids is 3. The van der Waals surface area contributed by atoms with Gasteiger partial charge in [0.25, 0.3) is 5.91 Å². The maximum atomic E-state index is 13.0. The number of para-hydroxylation sites is 1. The van der Waals surface area contributed by atoms with Crippen molar-refractivity contribution in [2.75, 3.05) is 17.2 Å². The molecular formula is C30H22F3N5O4. The fourth-order valence-corrected chi connectivity index (χ4v) is 3.93. The van der Waals surface area contributed by atoms with E-state index in [1.54, 1.807) is 54.6 Å². The molecule has 42 heavy (non-hydrogen) atoms. The van der Waals surface area contributed by atoms with Gasteiger partial charge in [0.1, 0.15) is 17.4 Å². The molecule has 4 N–H and O–H groups in total. The highest BCUT2D eigenvalue weighted by molar-refractivity contribution is 6.05. The Kier molecular flexibility index (Phi) is 8.94. The van der Waals surface area contributed by atoms with Crippen LogP contribution >= 0.6 is 0 Å². The van der Waals surface area contributed by atoms with Crippen molar-refractivity contribution in [2.24, 2.45) is 5.73 Å². The highest BCUT2D eigenvalue weighted by Gasteiger charge is 2.41. The molecule has 3 aromatic carbocycles. The molecule has 1 heterocycles. The number of halogens is 3. The largest absolute Gasteiger partial charge is 0.491 e. The third kappa shape index (κ3) is 6.96. The van der Waals surface area contributed by atoms with E-state index in [2.05, 4.69) is 20.4 Å². The van der Waals surface area contributed by atoms with Gasteiger partial charge in [-0.05, 0) is 48.0 Å². The highest BCUT2D eigenvalue weighted by atomic mass is 19.4. The molecule has 0 unspecified atom stereocenters. The van der Waals surface area contributed by atoms with Crippen molar-refractivity contribution < 1.29 is 32.3 Å². The minimum atomic E-state index is -5.25. The van der Waals surface area contributed by atoms with Crippen LogP contribution in [0.5, 0.6) is 5.75 Å². The van der Waals surface area contributed by atoms with E-state index in [1.807, 2.05) is 6.07 Å². The highest BCUT2D eigenvalue weighted by Crippen LogP contribution is 2.37. The van der Waals surface area contributed by atoms with Gasteiger partial charge in [0, 0.05) is 35.3 Å². The number of anilines is 2. The fourth-order valence-electron chi connectivity index (χ4n) is 3.93. The van der Waals surface area contributed by atoms with Crippen molar-refractivity contribution in [3.05, 3.63) is 96.1 Å². The summed E-state index contributed by atoms with van der Waals surface area (Å²) in [5, 5.41) is 15.4. The van der Waals surface area contributed by atoms with Gasteiger partial charge < -0.3 is 21.1 Å². The Balaban J connectivity index is 1.88. The summed E-state index contributed by atoms with van der Waals surface area (Å²) >= 11 is 0. The van der Waals surface area contributed by atoms with Crippen molar-refractivity contribution in [1.82, 2.24) is 4.98 Å². The number of amides is 2. The predicted octanol–water partition coefficient (Wildman–Crippen LogP) is 5.29. The van der Waals surface area contributed by atoms with E-state index < -0.39 is 23.8 Å². The number of esters is 1. The lowest BCUT2D eigenvalue weighted by Gasteiger charge is -2.16. The van der Waals surface area contributed by atoms with Crippen LogP contribution in [0.1, 0.15) is 22.3 Å². The van der Waals surface area contributed by atoms with Crippen molar-refractivity contribution in [3.8, 4) is 34.2 Å². The first-order valence-corrected chi connectivity index (χ1v) is 12.4. The summed E-state index contributed by atoms with van der Waals surface area (Å²) in [6, 6.07) is 23.4. The lowest BCUT2D eigenvalue weighted by molar-refractivity contribution is -0.189. The Hall–Kier alpha value is -5.54. The number of carbonyl (C=O) groups is 3. The number of nitrogens with two attached hydrogens (primary N) is 1. The number of nitrogens with one attached hydrogen (secondary N) is 2. The average molecular weight is 574 g/mol. The fraction of sp³-hybridized carbons (Fsp3) is 0.100. The van der Waals surface area contributed by atoms with Crippen LogP contribution in [0.2, 0.25) is 0 Å². The van der Waals surface area contributed by atoms with E-state index in [9.17, 15) is 32.8 Å². The molecule has 12 heteroatoms. The summed E-state index contributed by atoms with van der Waals surface area (Å²) in [6.07, 6.45) is -5.17. The number of ether oxygens (including phenoxy) is 1. The molecule has 0 spiro atoms. The second kappa shape index (κ2) is 12.8. The number of benzene rings is 3. The first kappa shape index (κ1) is 29.4. The molecule has 0 bridgehead atoms. The summed E-state index contributed by atoms with van der Waals surface area (Å²) in [5.74, 6) is -3.98. The van der Waals surface area contributed by atoms with Crippen LogP contribution in [0.3, 0.4) is 0 Å². The molecule has 0 radical (unpaired) electrons. The molecule has 4 rings (SSSR count). The summed E-state index contributed by atoms with van der Waals surface area (Å²) < 4.78 is 43.6. The van der Waals surface area contributed by atoms with Crippen molar-refractivity contribution in [1.29, 1.82) is 5.26 Å². The molecule has 2 amide bonds. The van der Waals surface area contributed by atoms with Gasteiger partial charge in [-0.3, -0.25) is 9.59 Å². The number of aromatic nitrogens is 1. The smallest absolute Gasteiger partial charge is 0.419 e. The molecule has 9 nitrogen and oxygen atoms in total. The first-order chi connectivity index (χ1) is 20.1. The van der Waals surface area contributed by atoms with Crippen LogP contribution in [-0.4, -0.2) is 35.5 Å². The van der Waals surface area contributed by atoms with E-state index in [1.165, 1.54) is 24.3 Å². The topological polar surface area (TPSA) is 147 Å². The molecule has 0 saturated heterocycles. The molecule has 4 aromatic rings. The number of nitriles is 1. The average Bonchev–Trinajstić information content (AvgIpc) is 2.97. The monoisotopic (exact) mass is 573 g/mol. The zero-order valence-electron chi connectivity index (χ0n) is 21.7. The number of hydrogen-bond acceptors (Lipinski definition) is 7. The van der Waals surface area contributed by atoms with Crippen LogP contribution < -0.4 is 21.1 Å². The lowest BCUT2D eigenvalue weighted by atomic mass is 9.97. The van der Waals surface area contributed by atoms with Crippen molar-refractivity contribution >= 4 is 29.3 Å². The van der Waals surface area contributed by atoms with Gasteiger partial charge in [-0.25, -0.2) is 9.78 Å². The third-order valence-corrected chi connectivity index (χ3v) is 5.83. The normalized spacial score (nSPS) is 10.8. The Morgan fingerprint density at radius 2 is 1.62 bits per heavy atom. The van der Waals surface area contributed by atoms with Crippen LogP contribution in [0.25, 0.3) is 22.4 Å². The number of hydrogen-bond donors (Lipinski definition) is 3. The number of rotatable bonds is 8. The van der Waals surface area contributed by atoms with Gasteiger partial charge in [0.15, 0.2) is 5.82 Å². The van der Waals surface area contributed by atoms with Crippen molar-refractivity contribution in [3.63, 3.8) is 0 Å². The Bertz CT molecular complexity index is 1680. The summed E-state index contributed by atoms with van der Waals surface area (Å²) in [4.78, 5) is 41.1. The van der Waals surface area contributed by atoms with Crippen LogP contribution in [0.4, 0.5) is 24.7 Å². The molecule has 0 saturated carbocycles. The maximum absolute atomic E-state index is 13.0. The van der Waals surface area contributed by atoms with Crippen LogP contribution in [0.15, 0.2) is 84.9 Å². The number of alkyl halides is 3. The molecule has 0 aliphatic rings. The Labute approximate surface area is 237 Å². The van der Waals surface area contributed by atoms with Crippen LogP contribution in [0, 0.1) is 11.3 Å². The minimum absolute atomic E-state index is 0.00416. The molecule has 1 aromatic heterocycles. The van der Waals surface area contributed by atoms with Gasteiger partial charge >= 0.3 is 12.1 Å². The molecule has 0 atom stereocenters. The summed E-state index contributed by atoms with van der Waals surface area (Å²) in [5.41, 5.74) is 6.68. The molecule has 0 fully saturated rings. The van der Waals surface area contributed by atoms with Gasteiger partial charge in [-0.1, -0.05) is 42.5 Å². The minimum Gasteiger partial charge on any atom is -0.419 e. The predicted molar refractivity (Wildman–Crippen MR) is 148 cm³/mol. The van der Waals surface area contributed by atoms with E-state index in [-0.39, 0.29) is 52.6 Å². The van der Waals surface area contributed by atoms with Gasteiger partial charge in [0.2, 0.25) is 5.91 Å². The van der Waals surface area contributed by atoms with E-state index in [0.717, 1.165) is 6.07 Å². The van der Waals surface area contributed by atoms with Gasteiger partial charge in [0.05, 0.1) is 5.69 Å². The zero-order valence-corrected chi connectivity index (χ0v) is 21.7. The molecular weight excluding hydrogens is 551 g/mol. The van der Waals surface area contributed by atoms with Crippen LogP contribution in [-0.2, 0) is 9.59 Å². The first-order valence-electron chi connectivity index (χ1n) is 12.4. The summed E-state index contributed by atoms with van der Waals surface area (Å²) in [7, 11) is 0. The molecule has 0 aliphatic carbocycles. The Morgan fingerprint density at radius 1 is 0.905 bits per heavy atom. The van der Waals surface area contributed by atoms with Gasteiger partial charge in [-0.15, -0.1) is 0 Å². The zero-order chi connectivity index (χ0) is 30.3. The quantitative estimate of drug-likeness (QED) is 0.192. The van der Waals surface area contributed by atoms with Crippen molar-refractivity contribution in [2.45, 2.75) is 12.6 Å². The van der Waals surface area contributed by atoms with E-state index in [0.29, 0.717) is 11.3 Å². The molecule has 212 valence electrons. The second-order valence-corrected chi connectivity index (χ2v) is 8.76. The molecule has 0 aliphatic heterocycles. The SMILES string of the molecule is N#Cc1c(-c2cccc(NC(=O)CCN)c2)cc(-c2ccccc2OC(=O)C(F)(F)F)nc1NC(=O)c1ccccc1. The number of pyridine rings is 1. The van der Waals surface area contributed by atoms with E-state index >= 15 is 0 Å². The third-order valence-electron chi connectivity index (χ3n) is 5.83. The number of nitrogens with zero attached hydrogens (tertiary/aromatic N) is 2. The Morgan fingerprint density at radius 3 is 2.31 bits per heavy atom. The summed E-state index contributed by atoms with van der Waals surface area (Å²) in [6.45, 7) is 0.139. The van der Waals surface area contributed by atoms with E-state index in [4.69, 9.17) is 5.73 Å². The lowest BCUT2D eigenvalue weighted by Crippen LogP contribution is -2.28. The van der Waals surface area contributed by atoms with Gasteiger partial charge in [-0.2, -0.15) is 18.4 Å². The second-order valence-electron chi connectivity index (χ2n) is 8.76. The standard InChI is InChI=1S/C30H22F3N5O4/c31-30(32,33)29(41)42-25-12-5-4-11-21(25)24-16-22(19-9-6-10-20(15-19)36-26(39)13-14-34)23(17-35)27(37-24)38-28(40)18-7-2-1-3-8-18/h1-12,15-16H,13-14,34H2,(H,36,39)(H,37,38,40).